The molecule has 1 fully saturated rings. The number of likely N-dealkylation sites (tertiary alicyclic amines) is 1. The molecule has 1 atom stereocenters. The number of nitrogens with zero attached hydrogens (tertiary/aromatic N) is 4. The molecular weight excluding hydrogens is 444 g/mol. The smallest absolute Gasteiger partial charge is 0.435 e. The Morgan fingerprint density at radius 2 is 1.97 bits per heavy atom. The molecule has 1 aliphatic rings. The second kappa shape index (κ2) is 10.5. The summed E-state index contributed by atoms with van der Waals surface area (Å²) in [5, 5.41) is 6.42. The summed E-state index contributed by atoms with van der Waals surface area (Å²) in [6.07, 6.45) is 3.35. The molecule has 1 aliphatic heterocycles. The Morgan fingerprint density at radius 1 is 1.20 bits per heavy atom. The molecule has 186 valence electrons. The van der Waals surface area contributed by atoms with Gasteiger partial charge in [0.2, 0.25) is 11.7 Å². The van der Waals surface area contributed by atoms with Gasteiger partial charge in [-0.15, -0.1) is 0 Å². The van der Waals surface area contributed by atoms with Gasteiger partial charge in [0.15, 0.2) is 0 Å². The van der Waals surface area contributed by atoms with E-state index in [1.165, 1.54) is 0 Å². The highest BCUT2D eigenvalue weighted by Gasteiger charge is 2.32. The van der Waals surface area contributed by atoms with Crippen molar-refractivity contribution in [3.8, 4) is 17.1 Å². The Bertz CT molecular complexity index is 1210. The number of fused-ring (bicyclic) bond motifs is 1. The van der Waals surface area contributed by atoms with E-state index >= 15 is 0 Å². The van der Waals surface area contributed by atoms with Gasteiger partial charge in [0.1, 0.15) is 23.2 Å². The van der Waals surface area contributed by atoms with E-state index in [1.54, 1.807) is 0 Å². The third-order valence-corrected chi connectivity index (χ3v) is 5.88. The summed E-state index contributed by atoms with van der Waals surface area (Å²) in [5.41, 5.74) is 0.298. The number of ether oxygens (including phenoxy) is 2. The first-order chi connectivity index (χ1) is 16.7. The zero-order valence-corrected chi connectivity index (χ0v) is 21.2. The number of hydrogen-bond acceptors (Lipinski definition) is 6. The van der Waals surface area contributed by atoms with Gasteiger partial charge in [0.05, 0.1) is 6.61 Å². The SMILES string of the molecule is CCCCOc1ccc2cc(-c3noc([C@@H]4CCCN4/C(C)=N/C(=O)OC(C)(C)C)n3)ccc2c1. The van der Waals surface area contributed by atoms with Crippen molar-refractivity contribution >= 4 is 22.7 Å². The third kappa shape index (κ3) is 6.18. The van der Waals surface area contributed by atoms with E-state index in [1.807, 2.05) is 50.8 Å². The number of rotatable bonds is 6. The fourth-order valence-electron chi connectivity index (χ4n) is 4.17. The Labute approximate surface area is 206 Å². The molecule has 8 heteroatoms. The second-order valence-electron chi connectivity index (χ2n) is 9.87. The monoisotopic (exact) mass is 478 g/mol. The predicted octanol–water partition coefficient (Wildman–Crippen LogP) is 6.56. The van der Waals surface area contributed by atoms with Gasteiger partial charge in [-0.05, 0) is 75.9 Å². The highest BCUT2D eigenvalue weighted by molar-refractivity contribution is 5.90. The van der Waals surface area contributed by atoms with Crippen molar-refractivity contribution in [3.05, 3.63) is 42.3 Å². The average molecular weight is 479 g/mol. The molecule has 1 aromatic heterocycles. The molecular formula is C27H34N4O4. The van der Waals surface area contributed by atoms with Crippen LogP contribution in [-0.4, -0.2) is 45.7 Å². The molecule has 0 N–H and O–H groups in total. The Morgan fingerprint density at radius 3 is 2.74 bits per heavy atom. The number of carbonyl (C=O) groups excluding carboxylic acids is 1. The number of aromatic nitrogens is 2. The molecule has 0 bridgehead atoms. The summed E-state index contributed by atoms with van der Waals surface area (Å²) in [4.78, 5) is 23.0. The van der Waals surface area contributed by atoms with E-state index in [0.29, 0.717) is 17.6 Å². The van der Waals surface area contributed by atoms with Crippen LogP contribution in [0.15, 0.2) is 45.9 Å². The van der Waals surface area contributed by atoms with E-state index in [0.717, 1.165) is 60.9 Å². The van der Waals surface area contributed by atoms with E-state index in [4.69, 9.17) is 19.0 Å². The van der Waals surface area contributed by atoms with Crippen molar-refractivity contribution in [3.63, 3.8) is 0 Å². The molecule has 8 nitrogen and oxygen atoms in total. The Kier molecular flexibility index (Phi) is 7.38. The number of unbranched alkanes of at least 4 members (excludes halogenated alkanes) is 1. The predicted molar refractivity (Wildman–Crippen MR) is 136 cm³/mol. The molecule has 0 unspecified atom stereocenters. The maximum absolute atomic E-state index is 12.2. The van der Waals surface area contributed by atoms with Crippen molar-refractivity contribution < 1.29 is 18.8 Å². The zero-order valence-electron chi connectivity index (χ0n) is 21.2. The fourth-order valence-corrected chi connectivity index (χ4v) is 4.17. The standard InChI is InChI=1S/C27H34N4O4/c1-6-7-15-33-22-13-12-19-16-21(11-10-20(19)17-22)24-29-25(35-30-24)23-9-8-14-31(23)18(2)28-26(32)34-27(3,4)5/h10-13,16-17,23H,6-9,14-15H2,1-5H3/b28-18+/t23-/m0/s1. The van der Waals surface area contributed by atoms with E-state index < -0.39 is 11.7 Å². The van der Waals surface area contributed by atoms with Crippen molar-refractivity contribution in [1.29, 1.82) is 0 Å². The minimum absolute atomic E-state index is 0.120. The van der Waals surface area contributed by atoms with Gasteiger partial charge < -0.3 is 18.9 Å². The number of hydrogen-bond donors (Lipinski definition) is 0. The third-order valence-electron chi connectivity index (χ3n) is 5.88. The lowest BCUT2D eigenvalue weighted by molar-refractivity contribution is 0.0601. The zero-order chi connectivity index (χ0) is 25.0. The summed E-state index contributed by atoms with van der Waals surface area (Å²) >= 11 is 0. The van der Waals surface area contributed by atoms with Crippen LogP contribution in [0.1, 0.15) is 72.2 Å². The first-order valence-electron chi connectivity index (χ1n) is 12.3. The summed E-state index contributed by atoms with van der Waals surface area (Å²) in [6, 6.07) is 12.1. The largest absolute Gasteiger partial charge is 0.494 e. The van der Waals surface area contributed by atoms with Crippen LogP contribution in [0.2, 0.25) is 0 Å². The van der Waals surface area contributed by atoms with Crippen molar-refractivity contribution in [2.75, 3.05) is 13.2 Å². The molecule has 2 aromatic carbocycles. The van der Waals surface area contributed by atoms with Gasteiger partial charge >= 0.3 is 6.09 Å². The van der Waals surface area contributed by atoms with Crippen molar-refractivity contribution in [1.82, 2.24) is 15.0 Å². The number of aliphatic imine (C=N–C) groups is 1. The van der Waals surface area contributed by atoms with Gasteiger partial charge in [0, 0.05) is 12.1 Å². The lowest BCUT2D eigenvalue weighted by atomic mass is 10.1. The lowest BCUT2D eigenvalue weighted by Gasteiger charge is -2.24. The van der Waals surface area contributed by atoms with Gasteiger partial charge in [-0.1, -0.05) is 36.7 Å². The highest BCUT2D eigenvalue weighted by atomic mass is 16.6. The maximum atomic E-state index is 12.2. The molecule has 0 spiro atoms. The summed E-state index contributed by atoms with van der Waals surface area (Å²) < 4.78 is 16.8. The second-order valence-corrected chi connectivity index (χ2v) is 9.87. The first kappa shape index (κ1) is 24.7. The minimum atomic E-state index is -0.595. The topological polar surface area (TPSA) is 90.1 Å². The van der Waals surface area contributed by atoms with Crippen molar-refractivity contribution in [2.45, 2.75) is 71.9 Å². The quantitative estimate of drug-likeness (QED) is 0.225. The molecule has 1 saturated heterocycles. The molecule has 35 heavy (non-hydrogen) atoms. The fraction of sp³-hybridized carbons (Fsp3) is 0.481. The number of amides is 1. The average Bonchev–Trinajstić information content (AvgIpc) is 3.47. The Balaban J connectivity index is 1.49. The van der Waals surface area contributed by atoms with E-state index in [-0.39, 0.29) is 6.04 Å². The van der Waals surface area contributed by atoms with E-state index in [2.05, 4.69) is 35.3 Å². The van der Waals surface area contributed by atoms with Crippen LogP contribution in [0, 0.1) is 0 Å². The molecule has 2 heterocycles. The van der Waals surface area contributed by atoms with E-state index in [9.17, 15) is 4.79 Å². The van der Waals surface area contributed by atoms with Gasteiger partial charge in [0.25, 0.3) is 0 Å². The summed E-state index contributed by atoms with van der Waals surface area (Å²) in [5.74, 6) is 2.53. The van der Waals surface area contributed by atoms with Crippen LogP contribution in [-0.2, 0) is 4.74 Å². The van der Waals surface area contributed by atoms with Crippen LogP contribution in [0.25, 0.3) is 22.2 Å². The van der Waals surface area contributed by atoms with Gasteiger partial charge in [-0.3, -0.25) is 0 Å². The molecule has 1 amide bonds. The van der Waals surface area contributed by atoms with Gasteiger partial charge in [-0.2, -0.15) is 9.98 Å². The number of carbonyl (C=O) groups is 1. The normalized spacial score (nSPS) is 16.7. The minimum Gasteiger partial charge on any atom is -0.494 e. The highest BCUT2D eigenvalue weighted by Crippen LogP contribution is 2.33. The Hall–Kier alpha value is -3.42. The number of benzene rings is 2. The summed E-state index contributed by atoms with van der Waals surface area (Å²) in [7, 11) is 0. The van der Waals surface area contributed by atoms with Crippen LogP contribution in [0.4, 0.5) is 4.79 Å². The summed E-state index contributed by atoms with van der Waals surface area (Å²) in [6.45, 7) is 10.9. The molecule has 0 saturated carbocycles. The maximum Gasteiger partial charge on any atom is 0.435 e. The van der Waals surface area contributed by atoms with Crippen LogP contribution in [0.5, 0.6) is 5.75 Å². The molecule has 4 rings (SSSR count). The van der Waals surface area contributed by atoms with Crippen LogP contribution < -0.4 is 4.74 Å². The number of amidine groups is 1. The lowest BCUT2D eigenvalue weighted by Crippen LogP contribution is -2.30. The molecule has 0 aliphatic carbocycles. The van der Waals surface area contributed by atoms with Gasteiger partial charge in [-0.25, -0.2) is 4.79 Å². The van der Waals surface area contributed by atoms with Crippen LogP contribution >= 0.6 is 0 Å². The molecule has 3 aromatic rings. The molecule has 0 radical (unpaired) electrons. The first-order valence-corrected chi connectivity index (χ1v) is 12.3. The van der Waals surface area contributed by atoms with Crippen molar-refractivity contribution in [2.24, 2.45) is 4.99 Å². The van der Waals surface area contributed by atoms with Crippen LogP contribution in [0.3, 0.4) is 0 Å².